The summed E-state index contributed by atoms with van der Waals surface area (Å²) in [6.45, 7) is 1.20. The molecule has 1 aliphatic carbocycles. The predicted octanol–water partition coefficient (Wildman–Crippen LogP) is 1.85. The molecule has 25 heavy (non-hydrogen) atoms. The molecule has 1 N–H and O–H groups in total. The highest BCUT2D eigenvalue weighted by atomic mass is 32.2. The Hall–Kier alpha value is -1.93. The van der Waals surface area contributed by atoms with Crippen molar-refractivity contribution in [1.82, 2.24) is 25.1 Å². The van der Waals surface area contributed by atoms with Crippen molar-refractivity contribution in [3.05, 3.63) is 23.0 Å². The van der Waals surface area contributed by atoms with E-state index in [-0.39, 0.29) is 5.91 Å². The molecule has 0 saturated heterocycles. The van der Waals surface area contributed by atoms with E-state index in [0.717, 1.165) is 53.4 Å². The first-order valence-electron chi connectivity index (χ1n) is 8.39. The summed E-state index contributed by atoms with van der Waals surface area (Å²) >= 11 is 1.51. The molecule has 0 atom stereocenters. The fourth-order valence-corrected chi connectivity index (χ4v) is 3.46. The van der Waals surface area contributed by atoms with Crippen LogP contribution >= 0.6 is 11.8 Å². The van der Waals surface area contributed by atoms with Crippen molar-refractivity contribution in [3.63, 3.8) is 0 Å². The van der Waals surface area contributed by atoms with E-state index in [4.69, 9.17) is 9.72 Å². The van der Waals surface area contributed by atoms with Crippen LogP contribution in [-0.4, -0.2) is 52.2 Å². The summed E-state index contributed by atoms with van der Waals surface area (Å²) in [5, 5.41) is 8.16. The Balaban J connectivity index is 1.94. The van der Waals surface area contributed by atoms with Crippen LogP contribution in [0.3, 0.4) is 0 Å². The van der Waals surface area contributed by atoms with E-state index >= 15 is 0 Å². The van der Waals surface area contributed by atoms with E-state index in [0.29, 0.717) is 18.8 Å². The number of aryl methyl sites for hydroxylation is 2. The van der Waals surface area contributed by atoms with Gasteiger partial charge < -0.3 is 10.1 Å². The number of ether oxygens (including phenoxy) is 1. The Morgan fingerprint density at radius 1 is 1.44 bits per heavy atom. The van der Waals surface area contributed by atoms with Crippen LogP contribution < -0.4 is 5.32 Å². The van der Waals surface area contributed by atoms with Crippen LogP contribution in [0.5, 0.6) is 0 Å². The van der Waals surface area contributed by atoms with Crippen molar-refractivity contribution in [2.45, 2.75) is 30.8 Å². The second-order valence-electron chi connectivity index (χ2n) is 5.99. The van der Waals surface area contributed by atoms with Crippen molar-refractivity contribution in [2.24, 2.45) is 7.05 Å². The van der Waals surface area contributed by atoms with Gasteiger partial charge in [0, 0.05) is 39.1 Å². The molecule has 0 saturated carbocycles. The molecule has 1 amide bonds. The Kier molecular flexibility index (Phi) is 5.70. The van der Waals surface area contributed by atoms with Crippen molar-refractivity contribution in [1.29, 1.82) is 0 Å². The topological polar surface area (TPSA) is 81.9 Å². The highest BCUT2D eigenvalue weighted by Gasteiger charge is 2.27. The molecule has 0 fully saturated rings. The highest BCUT2D eigenvalue weighted by Crippen LogP contribution is 2.33. The second-order valence-corrected chi connectivity index (χ2v) is 6.76. The maximum atomic E-state index is 12.6. The summed E-state index contributed by atoms with van der Waals surface area (Å²) in [5.74, 6) is -0.129. The van der Waals surface area contributed by atoms with Gasteiger partial charge in [0.2, 0.25) is 0 Å². The molecule has 8 heteroatoms. The summed E-state index contributed by atoms with van der Waals surface area (Å²) in [7, 11) is 3.53. The number of methoxy groups -OCH3 is 1. The standard InChI is InChI=1S/C17H23N5O2S/c1-22-15-12(14(21-22)16(23)18-8-5-9-24-2)7-4-6-11-10-19-17(25-3)20-13(11)15/h10H,4-9H2,1-3H3,(H,18,23). The number of amides is 1. The lowest BCUT2D eigenvalue weighted by atomic mass is 10.1. The third-order valence-corrected chi connectivity index (χ3v) is 4.86. The molecule has 1 aliphatic rings. The fraction of sp³-hybridized carbons (Fsp3) is 0.529. The number of aromatic nitrogens is 4. The normalized spacial score (nSPS) is 13.1. The number of thioether (sulfide) groups is 1. The van der Waals surface area contributed by atoms with E-state index in [1.807, 2.05) is 19.5 Å². The SMILES string of the molecule is COCCCNC(=O)c1nn(C)c2c1CCCc1cnc(SC)nc1-2. The average molecular weight is 361 g/mol. The van der Waals surface area contributed by atoms with Gasteiger partial charge in [-0.15, -0.1) is 0 Å². The van der Waals surface area contributed by atoms with Gasteiger partial charge in [-0.25, -0.2) is 9.97 Å². The zero-order valence-corrected chi connectivity index (χ0v) is 15.7. The third kappa shape index (κ3) is 3.69. The van der Waals surface area contributed by atoms with E-state index in [9.17, 15) is 4.79 Å². The first kappa shape index (κ1) is 17.9. The fourth-order valence-electron chi connectivity index (χ4n) is 3.12. The van der Waals surface area contributed by atoms with Crippen LogP contribution in [0.2, 0.25) is 0 Å². The van der Waals surface area contributed by atoms with Crippen molar-refractivity contribution in [2.75, 3.05) is 26.5 Å². The highest BCUT2D eigenvalue weighted by molar-refractivity contribution is 7.98. The van der Waals surface area contributed by atoms with E-state index in [1.165, 1.54) is 11.8 Å². The summed E-state index contributed by atoms with van der Waals surface area (Å²) in [5.41, 5.74) is 4.45. The number of carbonyl (C=O) groups is 1. The van der Waals surface area contributed by atoms with Gasteiger partial charge in [-0.3, -0.25) is 9.48 Å². The molecular weight excluding hydrogens is 338 g/mol. The van der Waals surface area contributed by atoms with Crippen LogP contribution in [0.15, 0.2) is 11.4 Å². The number of nitrogens with zero attached hydrogens (tertiary/aromatic N) is 4. The number of rotatable bonds is 6. The number of hydrogen-bond acceptors (Lipinski definition) is 6. The van der Waals surface area contributed by atoms with Gasteiger partial charge in [0.25, 0.3) is 5.91 Å². The van der Waals surface area contributed by atoms with Gasteiger partial charge >= 0.3 is 0 Å². The number of hydrogen-bond donors (Lipinski definition) is 1. The van der Waals surface area contributed by atoms with Crippen LogP contribution in [0.1, 0.15) is 34.5 Å². The van der Waals surface area contributed by atoms with Crippen molar-refractivity contribution >= 4 is 17.7 Å². The third-order valence-electron chi connectivity index (χ3n) is 4.29. The van der Waals surface area contributed by atoms with Crippen molar-refractivity contribution < 1.29 is 9.53 Å². The largest absolute Gasteiger partial charge is 0.385 e. The first-order valence-corrected chi connectivity index (χ1v) is 9.61. The summed E-state index contributed by atoms with van der Waals surface area (Å²) in [4.78, 5) is 21.7. The molecule has 2 aromatic heterocycles. The van der Waals surface area contributed by atoms with Gasteiger partial charge in [0.1, 0.15) is 0 Å². The Morgan fingerprint density at radius 3 is 3.04 bits per heavy atom. The lowest BCUT2D eigenvalue weighted by Gasteiger charge is -2.07. The molecular formula is C17H23N5O2S. The summed E-state index contributed by atoms with van der Waals surface area (Å²) < 4.78 is 6.79. The second kappa shape index (κ2) is 7.97. The maximum Gasteiger partial charge on any atom is 0.272 e. The summed E-state index contributed by atoms with van der Waals surface area (Å²) in [6.07, 6.45) is 7.33. The Bertz CT molecular complexity index is 775. The molecule has 2 aromatic rings. The van der Waals surface area contributed by atoms with Gasteiger partial charge in [-0.2, -0.15) is 5.10 Å². The minimum Gasteiger partial charge on any atom is -0.385 e. The molecule has 3 rings (SSSR count). The van der Waals surface area contributed by atoms with Crippen LogP contribution in [0.4, 0.5) is 0 Å². The van der Waals surface area contributed by atoms with Crippen molar-refractivity contribution in [3.8, 4) is 11.4 Å². The molecule has 134 valence electrons. The van der Waals surface area contributed by atoms with Crippen LogP contribution in [0.25, 0.3) is 11.4 Å². The Morgan fingerprint density at radius 2 is 2.28 bits per heavy atom. The van der Waals surface area contributed by atoms with Crippen LogP contribution in [0, 0.1) is 0 Å². The Labute approximate surface area is 151 Å². The zero-order valence-electron chi connectivity index (χ0n) is 14.8. The number of carbonyl (C=O) groups excluding carboxylic acids is 1. The lowest BCUT2D eigenvalue weighted by molar-refractivity contribution is 0.0942. The summed E-state index contributed by atoms with van der Waals surface area (Å²) in [6, 6.07) is 0. The smallest absolute Gasteiger partial charge is 0.272 e. The molecule has 0 bridgehead atoms. The van der Waals surface area contributed by atoms with E-state index in [1.54, 1.807) is 11.8 Å². The zero-order chi connectivity index (χ0) is 17.8. The predicted molar refractivity (Wildman–Crippen MR) is 96.9 cm³/mol. The minimum absolute atomic E-state index is 0.129. The lowest BCUT2D eigenvalue weighted by Crippen LogP contribution is -2.26. The molecule has 0 unspecified atom stereocenters. The molecule has 0 spiro atoms. The average Bonchev–Trinajstić information content (AvgIpc) is 2.83. The molecule has 0 aliphatic heterocycles. The van der Waals surface area contributed by atoms with Crippen LogP contribution in [-0.2, 0) is 24.6 Å². The maximum absolute atomic E-state index is 12.6. The quantitative estimate of drug-likeness (QED) is 0.480. The van der Waals surface area contributed by atoms with Gasteiger partial charge in [0.05, 0.1) is 11.4 Å². The first-order chi connectivity index (χ1) is 12.2. The van der Waals surface area contributed by atoms with Gasteiger partial charge in [0.15, 0.2) is 10.9 Å². The monoisotopic (exact) mass is 361 g/mol. The number of fused-ring (bicyclic) bond motifs is 3. The minimum atomic E-state index is -0.129. The van der Waals surface area contributed by atoms with Gasteiger partial charge in [-0.05, 0) is 37.5 Å². The molecule has 0 radical (unpaired) electrons. The molecule has 2 heterocycles. The number of nitrogens with one attached hydrogen (secondary N) is 1. The van der Waals surface area contributed by atoms with E-state index in [2.05, 4.69) is 15.4 Å². The molecule has 7 nitrogen and oxygen atoms in total. The molecule has 0 aromatic carbocycles. The van der Waals surface area contributed by atoms with E-state index < -0.39 is 0 Å². The van der Waals surface area contributed by atoms with Gasteiger partial charge in [-0.1, -0.05) is 11.8 Å².